The molecular formula is C10H10BrN3O2. The molecule has 0 aromatic carbocycles. The average molecular weight is 284 g/mol. The van der Waals surface area contributed by atoms with E-state index >= 15 is 0 Å². The number of rotatable bonds is 2. The fourth-order valence-corrected chi connectivity index (χ4v) is 1.97. The first-order chi connectivity index (χ1) is 7.70. The highest BCUT2D eigenvalue weighted by molar-refractivity contribution is 9.08. The molecule has 1 unspecified atom stereocenters. The molecule has 1 fully saturated rings. The lowest BCUT2D eigenvalue weighted by Crippen LogP contribution is -2.39. The summed E-state index contributed by atoms with van der Waals surface area (Å²) in [4.78, 5) is 22.6. The average Bonchev–Trinajstić information content (AvgIpc) is 2.29. The van der Waals surface area contributed by atoms with E-state index in [1.54, 1.807) is 6.20 Å². The Bertz CT molecular complexity index is 436. The van der Waals surface area contributed by atoms with Crippen LogP contribution >= 0.6 is 15.9 Å². The highest BCUT2D eigenvalue weighted by atomic mass is 79.9. The van der Waals surface area contributed by atoms with Crippen molar-refractivity contribution >= 4 is 27.7 Å². The van der Waals surface area contributed by atoms with Crippen LogP contribution in [0.25, 0.3) is 0 Å². The minimum absolute atomic E-state index is 0.205. The van der Waals surface area contributed by atoms with Gasteiger partial charge in [0.25, 0.3) is 0 Å². The molecule has 1 atom stereocenters. The lowest BCUT2D eigenvalue weighted by atomic mass is 9.91. The van der Waals surface area contributed by atoms with Gasteiger partial charge in [0.15, 0.2) is 0 Å². The molecule has 0 bridgehead atoms. The van der Waals surface area contributed by atoms with Crippen LogP contribution in [0.5, 0.6) is 0 Å². The quantitative estimate of drug-likeness (QED) is 0.646. The van der Waals surface area contributed by atoms with E-state index < -0.39 is 0 Å². The number of hydrogen-bond donors (Lipinski definition) is 1. The van der Waals surface area contributed by atoms with Gasteiger partial charge in [-0.3, -0.25) is 14.9 Å². The number of aromatic nitrogens is 2. The van der Waals surface area contributed by atoms with E-state index in [1.165, 1.54) is 0 Å². The zero-order chi connectivity index (χ0) is 11.5. The van der Waals surface area contributed by atoms with Crippen LogP contribution in [0, 0.1) is 0 Å². The lowest BCUT2D eigenvalue weighted by molar-refractivity contribution is -0.134. The van der Waals surface area contributed by atoms with Gasteiger partial charge in [-0.15, -0.1) is 0 Å². The molecule has 2 amide bonds. The number of imide groups is 1. The molecular weight excluding hydrogens is 274 g/mol. The van der Waals surface area contributed by atoms with E-state index in [2.05, 4.69) is 31.4 Å². The van der Waals surface area contributed by atoms with Gasteiger partial charge in [0, 0.05) is 11.8 Å². The second kappa shape index (κ2) is 4.69. The Morgan fingerprint density at radius 1 is 1.50 bits per heavy atom. The second-order valence-electron chi connectivity index (χ2n) is 3.62. The van der Waals surface area contributed by atoms with Gasteiger partial charge in [0.05, 0.1) is 17.8 Å². The van der Waals surface area contributed by atoms with E-state index in [4.69, 9.17) is 0 Å². The van der Waals surface area contributed by atoms with Crippen LogP contribution in [-0.4, -0.2) is 22.0 Å². The summed E-state index contributed by atoms with van der Waals surface area (Å²) >= 11 is 3.28. The highest BCUT2D eigenvalue weighted by Gasteiger charge is 2.28. The maximum absolute atomic E-state index is 11.6. The summed E-state index contributed by atoms with van der Waals surface area (Å²) in [6.07, 6.45) is 2.49. The number of carbonyl (C=O) groups is 2. The Kier molecular flexibility index (Phi) is 3.28. The van der Waals surface area contributed by atoms with Gasteiger partial charge >= 0.3 is 0 Å². The van der Waals surface area contributed by atoms with E-state index in [0.29, 0.717) is 18.2 Å². The van der Waals surface area contributed by atoms with Crippen LogP contribution in [0.2, 0.25) is 0 Å². The van der Waals surface area contributed by atoms with E-state index in [-0.39, 0.29) is 17.7 Å². The predicted molar refractivity (Wildman–Crippen MR) is 59.8 cm³/mol. The van der Waals surface area contributed by atoms with Crippen LogP contribution < -0.4 is 5.32 Å². The van der Waals surface area contributed by atoms with E-state index in [1.807, 2.05) is 6.07 Å². The summed E-state index contributed by atoms with van der Waals surface area (Å²) < 4.78 is 0. The van der Waals surface area contributed by atoms with Crippen molar-refractivity contribution in [1.82, 2.24) is 15.5 Å². The summed E-state index contributed by atoms with van der Waals surface area (Å²) in [5.74, 6) is -0.736. The fourth-order valence-electron chi connectivity index (χ4n) is 1.70. The van der Waals surface area contributed by atoms with Gasteiger partial charge in [-0.25, -0.2) is 0 Å². The first-order valence-corrected chi connectivity index (χ1v) is 6.04. The number of halogens is 1. The maximum atomic E-state index is 11.6. The van der Waals surface area contributed by atoms with Crippen molar-refractivity contribution in [2.75, 3.05) is 0 Å². The van der Waals surface area contributed by atoms with Crippen molar-refractivity contribution < 1.29 is 9.59 Å². The summed E-state index contributed by atoms with van der Waals surface area (Å²) in [6, 6.07) is 1.84. The van der Waals surface area contributed by atoms with Crippen LogP contribution in [0.4, 0.5) is 0 Å². The van der Waals surface area contributed by atoms with Crippen molar-refractivity contribution in [1.29, 1.82) is 0 Å². The van der Waals surface area contributed by atoms with Crippen LogP contribution in [0.15, 0.2) is 12.3 Å². The molecule has 0 aliphatic carbocycles. The first-order valence-electron chi connectivity index (χ1n) is 4.92. The molecule has 0 spiro atoms. The highest BCUT2D eigenvalue weighted by Crippen LogP contribution is 2.24. The number of piperidine rings is 1. The third-order valence-electron chi connectivity index (χ3n) is 2.50. The molecule has 6 heteroatoms. The zero-order valence-corrected chi connectivity index (χ0v) is 10.0. The Balaban J connectivity index is 2.23. The largest absolute Gasteiger partial charge is 0.296 e. The van der Waals surface area contributed by atoms with E-state index in [0.717, 1.165) is 11.3 Å². The molecule has 1 N–H and O–H groups in total. The molecule has 84 valence electrons. The van der Waals surface area contributed by atoms with Crippen LogP contribution in [-0.2, 0) is 14.9 Å². The molecule has 1 saturated heterocycles. The molecule has 16 heavy (non-hydrogen) atoms. The predicted octanol–water partition coefficient (Wildman–Crippen LogP) is 0.892. The zero-order valence-electron chi connectivity index (χ0n) is 8.44. The third-order valence-corrected chi connectivity index (χ3v) is 3.08. The molecule has 2 heterocycles. The van der Waals surface area contributed by atoms with Gasteiger partial charge in [-0.2, -0.15) is 10.2 Å². The number of nitrogens with one attached hydrogen (secondary N) is 1. The Morgan fingerprint density at radius 3 is 3.00 bits per heavy atom. The minimum atomic E-state index is -0.286. The molecule has 0 saturated carbocycles. The van der Waals surface area contributed by atoms with Crippen LogP contribution in [0.3, 0.4) is 0 Å². The van der Waals surface area contributed by atoms with Gasteiger partial charge in [0.1, 0.15) is 0 Å². The number of alkyl halides is 1. The molecule has 5 nitrogen and oxygen atoms in total. The number of hydrogen-bond acceptors (Lipinski definition) is 4. The number of nitrogens with zero attached hydrogens (tertiary/aromatic N) is 2. The van der Waals surface area contributed by atoms with Crippen molar-refractivity contribution in [3.8, 4) is 0 Å². The Hall–Kier alpha value is -1.30. The van der Waals surface area contributed by atoms with Crippen molar-refractivity contribution in [3.63, 3.8) is 0 Å². The smallest absolute Gasteiger partial charge is 0.234 e. The van der Waals surface area contributed by atoms with Gasteiger partial charge in [0.2, 0.25) is 11.8 Å². The lowest BCUT2D eigenvalue weighted by Gasteiger charge is -2.20. The number of carbonyl (C=O) groups excluding carboxylic acids is 2. The van der Waals surface area contributed by atoms with Crippen molar-refractivity contribution in [3.05, 3.63) is 23.5 Å². The molecule has 0 radical (unpaired) electrons. The van der Waals surface area contributed by atoms with Crippen LogP contribution in [0.1, 0.15) is 30.0 Å². The van der Waals surface area contributed by atoms with Gasteiger partial charge in [-0.1, -0.05) is 15.9 Å². The molecule has 1 aliphatic heterocycles. The molecule has 1 aliphatic rings. The molecule has 2 rings (SSSR count). The summed E-state index contributed by atoms with van der Waals surface area (Å²) in [7, 11) is 0. The summed E-state index contributed by atoms with van der Waals surface area (Å²) in [5.41, 5.74) is 1.59. The SMILES string of the molecule is O=C1CCC(c2cnnc(CBr)c2)C(=O)N1. The van der Waals surface area contributed by atoms with Crippen molar-refractivity contribution in [2.24, 2.45) is 0 Å². The topological polar surface area (TPSA) is 72.0 Å². The molecule has 1 aromatic rings. The second-order valence-corrected chi connectivity index (χ2v) is 4.18. The monoisotopic (exact) mass is 283 g/mol. The van der Waals surface area contributed by atoms with E-state index in [9.17, 15) is 9.59 Å². The Labute approximate surface area is 101 Å². The molecule has 1 aromatic heterocycles. The van der Waals surface area contributed by atoms with Gasteiger partial charge in [-0.05, 0) is 18.1 Å². The Morgan fingerprint density at radius 2 is 2.31 bits per heavy atom. The summed E-state index contributed by atoms with van der Waals surface area (Å²) in [5, 5.41) is 10.7. The number of amides is 2. The normalized spacial score (nSPS) is 20.7. The first kappa shape index (κ1) is 11.2. The third kappa shape index (κ3) is 2.27. The fraction of sp³-hybridized carbons (Fsp3) is 0.400. The minimum Gasteiger partial charge on any atom is -0.296 e. The standard InChI is InChI=1S/C10H10BrN3O2/c11-4-7-3-6(5-12-14-7)8-1-2-9(15)13-10(8)16/h3,5,8H,1-2,4H2,(H,13,15,16). The summed E-state index contributed by atoms with van der Waals surface area (Å²) in [6.45, 7) is 0. The van der Waals surface area contributed by atoms with Crippen molar-refractivity contribution in [2.45, 2.75) is 24.1 Å². The van der Waals surface area contributed by atoms with Gasteiger partial charge < -0.3 is 0 Å². The maximum Gasteiger partial charge on any atom is 0.234 e.